The summed E-state index contributed by atoms with van der Waals surface area (Å²) in [6.45, 7) is 2.90. The molecule has 0 aliphatic carbocycles. The Bertz CT molecular complexity index is 709. The SMILES string of the molecule is C[C@@H]1CN(C(=O)Cc2[nH]nc3ccccc23)CC[C@@H]1C(=O)O. The molecule has 0 unspecified atom stereocenters. The summed E-state index contributed by atoms with van der Waals surface area (Å²) >= 11 is 0. The first-order chi connectivity index (χ1) is 10.6. The second-order valence-electron chi connectivity index (χ2n) is 5.95. The Labute approximate surface area is 128 Å². The first-order valence-electron chi connectivity index (χ1n) is 7.49. The maximum absolute atomic E-state index is 12.5. The summed E-state index contributed by atoms with van der Waals surface area (Å²) in [6.07, 6.45) is 0.789. The van der Waals surface area contributed by atoms with E-state index >= 15 is 0 Å². The van der Waals surface area contributed by atoms with Crippen LogP contribution in [-0.2, 0) is 16.0 Å². The van der Waals surface area contributed by atoms with Crippen molar-refractivity contribution in [2.75, 3.05) is 13.1 Å². The van der Waals surface area contributed by atoms with Crippen molar-refractivity contribution < 1.29 is 14.7 Å². The van der Waals surface area contributed by atoms with Gasteiger partial charge in [-0.3, -0.25) is 14.7 Å². The number of para-hydroxylation sites is 1. The highest BCUT2D eigenvalue weighted by Crippen LogP contribution is 2.24. The number of likely N-dealkylation sites (tertiary alicyclic amines) is 1. The lowest BCUT2D eigenvalue weighted by Crippen LogP contribution is -2.45. The van der Waals surface area contributed by atoms with Gasteiger partial charge < -0.3 is 10.0 Å². The monoisotopic (exact) mass is 301 g/mol. The van der Waals surface area contributed by atoms with Crippen molar-refractivity contribution in [1.29, 1.82) is 0 Å². The molecular formula is C16H19N3O3. The lowest BCUT2D eigenvalue weighted by molar-refractivity contribution is -0.148. The van der Waals surface area contributed by atoms with Gasteiger partial charge in [-0.15, -0.1) is 0 Å². The molecule has 2 N–H and O–H groups in total. The van der Waals surface area contributed by atoms with E-state index in [1.807, 2.05) is 31.2 Å². The number of piperidine rings is 1. The third kappa shape index (κ3) is 2.68. The van der Waals surface area contributed by atoms with Gasteiger partial charge in [0.05, 0.1) is 23.5 Å². The molecule has 2 heterocycles. The minimum absolute atomic E-state index is 0.0186. The van der Waals surface area contributed by atoms with E-state index in [1.165, 1.54) is 0 Å². The number of carbonyl (C=O) groups is 2. The van der Waals surface area contributed by atoms with Gasteiger partial charge in [-0.05, 0) is 18.4 Å². The molecule has 22 heavy (non-hydrogen) atoms. The van der Waals surface area contributed by atoms with E-state index in [2.05, 4.69) is 10.2 Å². The molecule has 1 saturated heterocycles. The zero-order chi connectivity index (χ0) is 15.7. The van der Waals surface area contributed by atoms with Crippen LogP contribution in [0.15, 0.2) is 24.3 Å². The van der Waals surface area contributed by atoms with Crippen LogP contribution in [0.4, 0.5) is 0 Å². The van der Waals surface area contributed by atoms with Gasteiger partial charge in [0, 0.05) is 18.5 Å². The summed E-state index contributed by atoms with van der Waals surface area (Å²) < 4.78 is 0. The molecule has 2 atom stereocenters. The number of hydrogen-bond donors (Lipinski definition) is 2. The van der Waals surface area contributed by atoms with Crippen molar-refractivity contribution in [2.24, 2.45) is 11.8 Å². The van der Waals surface area contributed by atoms with Crippen LogP contribution in [0.25, 0.3) is 10.9 Å². The minimum Gasteiger partial charge on any atom is -0.481 e. The summed E-state index contributed by atoms with van der Waals surface area (Å²) in [5.41, 5.74) is 1.66. The van der Waals surface area contributed by atoms with Crippen molar-refractivity contribution in [3.8, 4) is 0 Å². The summed E-state index contributed by atoms with van der Waals surface area (Å²) in [5.74, 6) is -1.12. The molecule has 2 aromatic rings. The van der Waals surface area contributed by atoms with Gasteiger partial charge in [0.1, 0.15) is 0 Å². The normalized spacial score (nSPS) is 22.0. The fourth-order valence-electron chi connectivity index (χ4n) is 3.15. The van der Waals surface area contributed by atoms with E-state index in [1.54, 1.807) is 4.90 Å². The van der Waals surface area contributed by atoms with Gasteiger partial charge in [0.2, 0.25) is 5.91 Å². The van der Waals surface area contributed by atoms with Crippen molar-refractivity contribution in [1.82, 2.24) is 15.1 Å². The van der Waals surface area contributed by atoms with Crippen LogP contribution in [-0.4, -0.2) is 45.2 Å². The van der Waals surface area contributed by atoms with Gasteiger partial charge in [0.25, 0.3) is 0 Å². The molecule has 6 heteroatoms. The number of carboxylic acids is 1. The molecule has 0 radical (unpaired) electrons. The third-order valence-corrected chi connectivity index (χ3v) is 4.44. The van der Waals surface area contributed by atoms with Crippen LogP contribution in [0.1, 0.15) is 19.0 Å². The number of fused-ring (bicyclic) bond motifs is 1. The molecule has 6 nitrogen and oxygen atoms in total. The molecule has 3 rings (SSSR count). The Balaban J connectivity index is 1.69. The molecule has 1 aromatic heterocycles. The number of H-pyrrole nitrogens is 1. The Kier molecular flexibility index (Phi) is 3.83. The van der Waals surface area contributed by atoms with E-state index in [0.29, 0.717) is 19.5 Å². The summed E-state index contributed by atoms with van der Waals surface area (Å²) in [7, 11) is 0. The van der Waals surface area contributed by atoms with Crippen molar-refractivity contribution in [2.45, 2.75) is 19.8 Å². The summed E-state index contributed by atoms with van der Waals surface area (Å²) in [4.78, 5) is 25.4. The van der Waals surface area contributed by atoms with Gasteiger partial charge in [0.15, 0.2) is 0 Å². The van der Waals surface area contributed by atoms with Crippen LogP contribution in [0.5, 0.6) is 0 Å². The van der Waals surface area contributed by atoms with Gasteiger partial charge >= 0.3 is 5.97 Å². The number of nitrogens with zero attached hydrogens (tertiary/aromatic N) is 2. The van der Waals surface area contributed by atoms with Crippen LogP contribution < -0.4 is 0 Å². The van der Waals surface area contributed by atoms with Gasteiger partial charge in [-0.2, -0.15) is 5.10 Å². The van der Waals surface area contributed by atoms with Crippen LogP contribution in [0, 0.1) is 11.8 Å². The molecule has 0 bridgehead atoms. The quantitative estimate of drug-likeness (QED) is 0.903. The standard InChI is InChI=1S/C16H19N3O3/c1-10-9-19(7-6-11(10)16(21)22)15(20)8-14-12-4-2-3-5-13(12)17-18-14/h2-5,10-11H,6-9H2,1H3,(H,17,18)(H,21,22)/t10-,11+/m1/s1. The molecule has 1 amide bonds. The van der Waals surface area contributed by atoms with Gasteiger partial charge in [-0.25, -0.2) is 0 Å². The lowest BCUT2D eigenvalue weighted by Gasteiger charge is -2.34. The molecule has 0 saturated carbocycles. The Hall–Kier alpha value is -2.37. The van der Waals surface area contributed by atoms with Gasteiger partial charge in [-0.1, -0.05) is 25.1 Å². The van der Waals surface area contributed by atoms with Crippen LogP contribution in [0.2, 0.25) is 0 Å². The predicted octanol–water partition coefficient (Wildman–Crippen LogP) is 1.67. The average Bonchev–Trinajstić information content (AvgIpc) is 2.90. The number of aliphatic carboxylic acids is 1. The van der Waals surface area contributed by atoms with Crippen LogP contribution in [0.3, 0.4) is 0 Å². The Morgan fingerprint density at radius 1 is 1.41 bits per heavy atom. The van der Waals surface area contributed by atoms with E-state index < -0.39 is 5.97 Å². The largest absolute Gasteiger partial charge is 0.481 e. The highest BCUT2D eigenvalue weighted by Gasteiger charge is 2.33. The molecule has 1 fully saturated rings. The maximum Gasteiger partial charge on any atom is 0.306 e. The van der Waals surface area contributed by atoms with E-state index in [4.69, 9.17) is 5.11 Å². The summed E-state index contributed by atoms with van der Waals surface area (Å²) in [6, 6.07) is 7.68. The fourth-order valence-corrected chi connectivity index (χ4v) is 3.15. The molecule has 116 valence electrons. The smallest absolute Gasteiger partial charge is 0.306 e. The minimum atomic E-state index is -0.765. The second kappa shape index (κ2) is 5.79. The van der Waals surface area contributed by atoms with Crippen molar-refractivity contribution in [3.05, 3.63) is 30.0 Å². The molecule has 0 spiro atoms. The maximum atomic E-state index is 12.5. The average molecular weight is 301 g/mol. The zero-order valence-corrected chi connectivity index (χ0v) is 12.5. The van der Waals surface area contributed by atoms with E-state index in [0.717, 1.165) is 16.6 Å². The number of hydrogen-bond acceptors (Lipinski definition) is 3. The Morgan fingerprint density at radius 2 is 2.18 bits per heavy atom. The molecule has 1 aliphatic heterocycles. The van der Waals surface area contributed by atoms with Crippen molar-refractivity contribution >= 4 is 22.8 Å². The number of amides is 1. The van der Waals surface area contributed by atoms with E-state index in [-0.39, 0.29) is 24.2 Å². The lowest BCUT2D eigenvalue weighted by atomic mass is 9.87. The number of aromatic amines is 1. The Morgan fingerprint density at radius 3 is 2.91 bits per heavy atom. The number of rotatable bonds is 3. The third-order valence-electron chi connectivity index (χ3n) is 4.44. The summed E-state index contributed by atoms with van der Waals surface area (Å²) in [5, 5.41) is 17.2. The zero-order valence-electron chi connectivity index (χ0n) is 12.5. The van der Waals surface area contributed by atoms with Crippen LogP contribution >= 0.6 is 0 Å². The molecule has 1 aliphatic rings. The topological polar surface area (TPSA) is 86.3 Å². The molecule has 1 aromatic carbocycles. The number of aromatic nitrogens is 2. The van der Waals surface area contributed by atoms with E-state index in [9.17, 15) is 9.59 Å². The molecular weight excluding hydrogens is 282 g/mol. The highest BCUT2D eigenvalue weighted by atomic mass is 16.4. The predicted molar refractivity (Wildman–Crippen MR) is 81.3 cm³/mol. The second-order valence-corrected chi connectivity index (χ2v) is 5.95. The first kappa shape index (κ1) is 14.6. The number of carboxylic acid groups (broad SMARTS) is 1. The number of carbonyl (C=O) groups excluding carboxylic acids is 1. The number of nitrogens with one attached hydrogen (secondary N) is 1. The fraction of sp³-hybridized carbons (Fsp3) is 0.438. The first-order valence-corrected chi connectivity index (χ1v) is 7.49. The van der Waals surface area contributed by atoms with Crippen molar-refractivity contribution in [3.63, 3.8) is 0 Å². The number of benzene rings is 1. The highest BCUT2D eigenvalue weighted by molar-refractivity contribution is 5.87.